The molecule has 286 valence electrons. The number of rotatable bonds is 5. The number of nitrogens with one attached hydrogen (secondary N) is 1. The first-order valence-electron chi connectivity index (χ1n) is 20.2. The minimum atomic E-state index is 0.0544. The van der Waals surface area contributed by atoms with Crippen LogP contribution in [0.2, 0.25) is 0 Å². The molecule has 8 rings (SSSR count). The molecule has 3 heteroatoms. The zero-order chi connectivity index (χ0) is 41.0. The monoisotopic (exact) mass is 761 g/mol. The van der Waals surface area contributed by atoms with E-state index in [1.165, 1.54) is 11.1 Å². The van der Waals surface area contributed by atoms with Gasteiger partial charge in [0.25, 0.3) is 0 Å². The summed E-state index contributed by atoms with van der Waals surface area (Å²) in [5.41, 5.74) is 13.7. The van der Waals surface area contributed by atoms with Crippen LogP contribution in [0.25, 0.3) is 28.0 Å². The maximum absolute atomic E-state index is 5.49. The number of benzene rings is 6. The van der Waals surface area contributed by atoms with Crippen LogP contribution in [0.3, 0.4) is 0 Å². The Morgan fingerprint density at radius 3 is 1.39 bits per heavy atom. The number of aromatic nitrogens is 1. The van der Waals surface area contributed by atoms with Crippen LogP contribution in [0, 0.1) is 23.7 Å². The lowest BCUT2D eigenvalue weighted by Crippen LogP contribution is -2.10. The molecule has 2 heterocycles. The summed E-state index contributed by atoms with van der Waals surface area (Å²) in [7, 11) is 0. The number of aromatic amines is 1. The summed E-state index contributed by atoms with van der Waals surface area (Å²) in [6.45, 7) is 13.4. The number of aliphatic imine (C=N–C) groups is 2. The Kier molecular flexibility index (Phi) is 10.7. The smallest absolute Gasteiger partial charge is 0.164 e. The van der Waals surface area contributed by atoms with Gasteiger partial charge in [-0.05, 0) is 62.9 Å². The lowest BCUT2D eigenvalue weighted by Gasteiger charge is -2.18. The average Bonchev–Trinajstić information content (AvgIpc) is 3.80. The van der Waals surface area contributed by atoms with Crippen molar-refractivity contribution in [1.29, 1.82) is 0 Å². The van der Waals surface area contributed by atoms with Crippen molar-refractivity contribution in [3.8, 4) is 46.1 Å². The summed E-state index contributed by atoms with van der Waals surface area (Å²) in [4.78, 5) is 14.6. The van der Waals surface area contributed by atoms with Gasteiger partial charge in [-0.2, -0.15) is 0 Å². The van der Waals surface area contributed by atoms with Crippen LogP contribution in [-0.4, -0.2) is 16.5 Å². The van der Waals surface area contributed by atoms with Gasteiger partial charge in [0.15, 0.2) is 5.84 Å². The second-order valence-electron chi connectivity index (χ2n) is 16.9. The van der Waals surface area contributed by atoms with Crippen LogP contribution >= 0.6 is 0 Å². The van der Waals surface area contributed by atoms with Gasteiger partial charge in [-0.1, -0.05) is 211 Å². The van der Waals surface area contributed by atoms with Gasteiger partial charge < -0.3 is 4.98 Å². The van der Waals surface area contributed by atoms with Crippen molar-refractivity contribution in [2.45, 2.75) is 52.4 Å². The maximum atomic E-state index is 5.49. The van der Waals surface area contributed by atoms with Crippen LogP contribution in [0.5, 0.6) is 0 Å². The second-order valence-corrected chi connectivity index (χ2v) is 16.9. The molecule has 0 radical (unpaired) electrons. The molecule has 0 unspecified atom stereocenters. The maximum Gasteiger partial charge on any atom is 0.164 e. The number of hydrogen-bond donors (Lipinski definition) is 1. The molecule has 0 saturated heterocycles. The lowest BCUT2D eigenvalue weighted by atomic mass is 9.87. The van der Waals surface area contributed by atoms with Gasteiger partial charge in [0, 0.05) is 27.8 Å². The van der Waals surface area contributed by atoms with E-state index in [-0.39, 0.29) is 10.8 Å². The van der Waals surface area contributed by atoms with E-state index in [0.29, 0.717) is 11.7 Å². The third kappa shape index (κ3) is 8.57. The predicted octanol–water partition coefficient (Wildman–Crippen LogP) is 13.4. The van der Waals surface area contributed by atoms with Crippen LogP contribution < -0.4 is 0 Å². The molecule has 3 nitrogen and oxygen atoms in total. The average molecular weight is 762 g/mol. The highest BCUT2D eigenvalue weighted by Gasteiger charge is 2.28. The molecule has 1 aliphatic rings. The first-order chi connectivity index (χ1) is 28.5. The highest BCUT2D eigenvalue weighted by molar-refractivity contribution is 6.42. The Bertz CT molecular complexity index is 2820. The molecular formula is C56H47N3. The fraction of sp³-hybridized carbons (Fsp3) is 0.143. The fourth-order valence-electron chi connectivity index (χ4n) is 7.22. The van der Waals surface area contributed by atoms with Crippen molar-refractivity contribution >= 4 is 22.9 Å². The van der Waals surface area contributed by atoms with E-state index in [9.17, 15) is 0 Å². The molecule has 0 atom stereocenters. The first-order valence-corrected chi connectivity index (χ1v) is 20.2. The number of allylic oxidation sites excluding steroid dienone is 1. The fourth-order valence-corrected chi connectivity index (χ4v) is 7.22. The Morgan fingerprint density at radius 1 is 0.458 bits per heavy atom. The topological polar surface area (TPSA) is 40.5 Å². The van der Waals surface area contributed by atoms with Crippen LogP contribution in [0.4, 0.5) is 5.82 Å². The Hall–Kier alpha value is -7.20. The van der Waals surface area contributed by atoms with Crippen molar-refractivity contribution in [2.24, 2.45) is 9.98 Å². The highest BCUT2D eigenvalue weighted by Crippen LogP contribution is 2.41. The van der Waals surface area contributed by atoms with Gasteiger partial charge in [0.1, 0.15) is 5.82 Å². The van der Waals surface area contributed by atoms with Gasteiger partial charge in [-0.15, -0.1) is 0 Å². The van der Waals surface area contributed by atoms with Gasteiger partial charge in [-0.25, -0.2) is 9.98 Å². The van der Waals surface area contributed by atoms with E-state index >= 15 is 0 Å². The van der Waals surface area contributed by atoms with E-state index in [1.807, 2.05) is 36.4 Å². The molecule has 0 amide bonds. The van der Waals surface area contributed by atoms with Crippen LogP contribution in [0.1, 0.15) is 80.5 Å². The molecule has 0 aliphatic carbocycles. The van der Waals surface area contributed by atoms with E-state index in [2.05, 4.69) is 204 Å². The normalized spacial score (nSPS) is 13.4. The van der Waals surface area contributed by atoms with Gasteiger partial charge >= 0.3 is 0 Å². The predicted molar refractivity (Wildman–Crippen MR) is 248 cm³/mol. The zero-order valence-corrected chi connectivity index (χ0v) is 34.6. The van der Waals surface area contributed by atoms with Gasteiger partial charge in [0.2, 0.25) is 0 Å². The van der Waals surface area contributed by atoms with Gasteiger partial charge in [0.05, 0.1) is 22.5 Å². The summed E-state index contributed by atoms with van der Waals surface area (Å²) in [5.74, 6) is 15.5. The van der Waals surface area contributed by atoms with Crippen LogP contribution in [0.15, 0.2) is 185 Å². The highest BCUT2D eigenvalue weighted by atomic mass is 15.0. The van der Waals surface area contributed by atoms with Gasteiger partial charge in [-0.3, -0.25) is 0 Å². The van der Waals surface area contributed by atoms with E-state index < -0.39 is 0 Å². The number of H-pyrrole nitrogens is 1. The Labute approximate surface area is 349 Å². The first kappa shape index (κ1) is 38.7. The summed E-state index contributed by atoms with van der Waals surface area (Å²) < 4.78 is 0. The summed E-state index contributed by atoms with van der Waals surface area (Å²) in [5, 5.41) is 0. The third-order valence-electron chi connectivity index (χ3n) is 10.5. The second kappa shape index (κ2) is 16.3. The van der Waals surface area contributed by atoms with E-state index in [4.69, 9.17) is 9.98 Å². The summed E-state index contributed by atoms with van der Waals surface area (Å²) in [6, 6.07) is 58.5. The number of nitrogens with zero attached hydrogens (tertiary/aromatic N) is 2. The van der Waals surface area contributed by atoms with Crippen molar-refractivity contribution in [3.63, 3.8) is 0 Å². The van der Waals surface area contributed by atoms with Crippen molar-refractivity contribution in [1.82, 2.24) is 4.98 Å². The van der Waals surface area contributed by atoms with Crippen molar-refractivity contribution in [3.05, 3.63) is 214 Å². The number of amidine groups is 1. The molecule has 1 aromatic heterocycles. The molecule has 0 bridgehead atoms. The summed E-state index contributed by atoms with van der Waals surface area (Å²) in [6.07, 6.45) is 0. The molecule has 0 fully saturated rings. The lowest BCUT2D eigenvalue weighted by molar-refractivity contribution is 0.590. The zero-order valence-electron chi connectivity index (χ0n) is 34.6. The molecule has 0 spiro atoms. The molecule has 6 aromatic carbocycles. The quantitative estimate of drug-likeness (QED) is 0.170. The molecular weight excluding hydrogens is 715 g/mol. The minimum absolute atomic E-state index is 0.0544. The standard InChI is InChI=1S/C56H47N3/c1-55(2,3)45-33-27-39(28-34-45)31-37-47-49(41-19-11-7-12-20-41)53(57-51(47)43-23-15-9-16-24-43)59-54-50(42-21-13-8-14-22-42)48(52(58-54)44-25-17-10-18-26-44)38-32-40-29-35-46(36-30-40)56(4,5)6/h7-30,33-36,57H,1-6H3/b59-54-. The van der Waals surface area contributed by atoms with Crippen molar-refractivity contribution in [2.75, 3.05) is 0 Å². The molecule has 59 heavy (non-hydrogen) atoms. The number of hydrogen-bond acceptors (Lipinski definition) is 1. The summed E-state index contributed by atoms with van der Waals surface area (Å²) >= 11 is 0. The van der Waals surface area contributed by atoms with Crippen LogP contribution in [-0.2, 0) is 10.8 Å². The SMILES string of the molecule is CC(C)(C)c1ccc(C#CC2=C(c3ccccc3)/C(=N/c3[nH]c(-c4ccccc4)c(C#Cc4ccc(C(C)(C)C)cc4)c3-c3ccccc3)N=C2c2ccccc2)cc1. The molecule has 0 saturated carbocycles. The minimum Gasteiger partial charge on any atom is -0.338 e. The molecule has 1 aliphatic heterocycles. The van der Waals surface area contributed by atoms with Crippen molar-refractivity contribution < 1.29 is 0 Å². The van der Waals surface area contributed by atoms with E-state index in [1.54, 1.807) is 0 Å². The Balaban J connectivity index is 1.37. The molecule has 7 aromatic rings. The molecule has 1 N–H and O–H groups in total. The largest absolute Gasteiger partial charge is 0.338 e. The Morgan fingerprint density at radius 2 is 0.898 bits per heavy atom. The third-order valence-corrected chi connectivity index (χ3v) is 10.5. The van der Waals surface area contributed by atoms with E-state index in [0.717, 1.165) is 67.1 Å².